The van der Waals surface area contributed by atoms with Gasteiger partial charge in [-0.2, -0.15) is 0 Å². The fourth-order valence-corrected chi connectivity index (χ4v) is 0. The van der Waals surface area contributed by atoms with Crippen LogP contribution in [0.25, 0.3) is 0 Å². The summed E-state index contributed by atoms with van der Waals surface area (Å²) >= 11 is 0. The van der Waals surface area contributed by atoms with E-state index in [1.807, 2.05) is 0 Å². The molecule has 14 heavy (non-hydrogen) atoms. The Morgan fingerprint density at radius 1 is 0.929 bits per heavy atom. The van der Waals surface area contributed by atoms with Crippen LogP contribution in [0.15, 0.2) is 0 Å². The van der Waals surface area contributed by atoms with Crippen molar-refractivity contribution in [1.82, 2.24) is 0 Å². The molecule has 0 saturated carbocycles. The van der Waals surface area contributed by atoms with Crippen molar-refractivity contribution in [3.05, 3.63) is 0 Å². The third-order valence-corrected chi connectivity index (χ3v) is 0. The van der Waals surface area contributed by atoms with Gasteiger partial charge in [0.05, 0.1) is 0 Å². The van der Waals surface area contributed by atoms with Crippen molar-refractivity contribution in [1.29, 1.82) is 0 Å². The molecule has 0 amide bonds. The average Bonchev–Trinajstić information content (AvgIpc) is 1.50. The number of hydrogen-bond acceptors (Lipinski definition) is 3. The molecule has 80 valence electrons. The predicted molar refractivity (Wildman–Crippen MR) is 30.5 cm³/mol. The Kier molecular flexibility index (Phi) is 22.4. The normalized spacial score (nSPS) is 8.00. The van der Waals surface area contributed by atoms with Crippen LogP contribution in [-0.2, 0) is 10.4 Å². The van der Waals surface area contributed by atoms with Gasteiger partial charge in [-0.05, 0) is 0 Å². The van der Waals surface area contributed by atoms with Gasteiger partial charge in [0, 0.05) is 0 Å². The van der Waals surface area contributed by atoms with Crippen molar-refractivity contribution in [2.45, 2.75) is 0 Å². The molecule has 0 unspecified atom stereocenters. The summed E-state index contributed by atoms with van der Waals surface area (Å²) in [4.78, 5) is 0. The zero-order chi connectivity index (χ0) is 11.7. The molecule has 0 bridgehead atoms. The van der Waals surface area contributed by atoms with Gasteiger partial charge in [-0.1, -0.05) is 0 Å². The second-order valence-corrected chi connectivity index (χ2v) is 1.78. The summed E-state index contributed by atoms with van der Waals surface area (Å²) in [5, 5.41) is 0. The van der Waals surface area contributed by atoms with E-state index in [2.05, 4.69) is 0 Å². The molecule has 0 saturated heterocycles. The molecule has 1 N–H and O–H groups in total. The minimum absolute atomic E-state index is 0. The molecule has 0 rings (SSSR count). The van der Waals surface area contributed by atoms with Crippen molar-refractivity contribution in [3.63, 3.8) is 0 Å². The minimum atomic E-state index is -4.92. The average molecular weight is 240 g/mol. The third kappa shape index (κ3) is 48400. The van der Waals surface area contributed by atoms with E-state index in [0.717, 1.165) is 0 Å². The van der Waals surface area contributed by atoms with E-state index in [1.165, 1.54) is 0 Å². The van der Waals surface area contributed by atoms with Gasteiger partial charge < -0.3 is 4.55 Å². The summed E-state index contributed by atoms with van der Waals surface area (Å²) in [5.41, 5.74) is 0. The molecule has 0 fully saturated rings. The Bertz CT molecular complexity index is 163. The zero-order valence-corrected chi connectivity index (χ0v) is 7.32. The van der Waals surface area contributed by atoms with E-state index in [1.54, 1.807) is 0 Å². The van der Waals surface area contributed by atoms with Crippen LogP contribution in [-0.4, -0.2) is 32.6 Å². The first-order valence-corrected chi connectivity index (χ1v) is 3.36. The quantitative estimate of drug-likeness (QED) is 0.225. The Morgan fingerprint density at radius 2 is 0.929 bits per heavy atom. The molecule has 0 atom stereocenters. The van der Waals surface area contributed by atoms with Gasteiger partial charge in [0.25, 0.3) is 0 Å². The van der Waals surface area contributed by atoms with Gasteiger partial charge in [-0.15, -0.1) is 0 Å². The standard InChI is InChI=1S/2BF3.Li.H2O4S/c2*2-1(3)4;;1-5(2,3)4/h;;;(H2,1,2,3,4)/q;;+1;/p-1. The molecule has 14 heteroatoms. The molecular weight excluding hydrogens is 239 g/mol. The molecule has 0 aromatic heterocycles. The molecule has 0 radical (unpaired) electrons. The predicted octanol–water partition coefficient (Wildman–Crippen LogP) is -2.23. The van der Waals surface area contributed by atoms with E-state index in [4.69, 9.17) is 17.5 Å². The molecule has 0 aliphatic rings. The van der Waals surface area contributed by atoms with Crippen LogP contribution < -0.4 is 18.9 Å². The van der Waals surface area contributed by atoms with Gasteiger partial charge in [-0.3, -0.25) is 30.4 Å². The van der Waals surface area contributed by atoms with Gasteiger partial charge in [0.1, 0.15) is 0 Å². The maximum Gasteiger partial charge on any atom is 1.00 e. The van der Waals surface area contributed by atoms with Crippen molar-refractivity contribution in [2.75, 3.05) is 0 Å². The summed E-state index contributed by atoms with van der Waals surface area (Å²) in [6.07, 6.45) is 0. The smallest absolute Gasteiger partial charge is 0.726 e. The maximum absolute atomic E-state index is 9.67. The molecular formula is HB2F6LiO4S. The van der Waals surface area contributed by atoms with Gasteiger partial charge in [0.2, 0.25) is 10.4 Å². The van der Waals surface area contributed by atoms with E-state index >= 15 is 0 Å². The minimum Gasteiger partial charge on any atom is -0.726 e. The van der Waals surface area contributed by atoms with Gasteiger partial charge in [-0.25, -0.2) is 8.42 Å². The van der Waals surface area contributed by atoms with Crippen molar-refractivity contribution < 1.29 is 62.3 Å². The van der Waals surface area contributed by atoms with Crippen LogP contribution in [0, 0.1) is 0 Å². The molecule has 0 aromatic rings. The zero-order valence-electron chi connectivity index (χ0n) is 6.50. The van der Waals surface area contributed by atoms with Crippen LogP contribution in [0.5, 0.6) is 0 Å². The van der Waals surface area contributed by atoms with Crippen LogP contribution in [0.1, 0.15) is 0 Å². The molecule has 4 nitrogen and oxygen atoms in total. The Morgan fingerprint density at radius 3 is 0.929 bits per heavy atom. The van der Waals surface area contributed by atoms with Crippen molar-refractivity contribution in [3.8, 4) is 0 Å². The maximum atomic E-state index is 9.67. The Labute approximate surface area is 88.2 Å². The summed E-state index contributed by atoms with van der Waals surface area (Å²) in [7, 11) is -12.2. The first-order valence-electron chi connectivity index (χ1n) is 1.99. The second-order valence-electron chi connectivity index (χ2n) is 0.923. The van der Waals surface area contributed by atoms with Gasteiger partial charge in [0.15, 0.2) is 0 Å². The van der Waals surface area contributed by atoms with Gasteiger partial charge >= 0.3 is 33.9 Å². The first kappa shape index (κ1) is 23.8. The second kappa shape index (κ2) is 13.2. The van der Waals surface area contributed by atoms with Crippen LogP contribution in [0.3, 0.4) is 0 Å². The Balaban J connectivity index is -0.0000000522. The SMILES string of the molecule is FB(F)F.FB(F)F.O=S(=O)([O-])O.[Li+]. The third-order valence-electron chi connectivity index (χ3n) is 0. The monoisotopic (exact) mass is 240 g/mol. The summed E-state index contributed by atoms with van der Waals surface area (Å²) in [5.74, 6) is 0. The molecule has 0 spiro atoms. The largest absolute Gasteiger partial charge is 1.00 e. The molecule has 0 heterocycles. The summed E-state index contributed by atoms with van der Waals surface area (Å²) < 4.78 is 90.8. The van der Waals surface area contributed by atoms with E-state index in [9.17, 15) is 25.9 Å². The molecule has 0 aliphatic heterocycles. The summed E-state index contributed by atoms with van der Waals surface area (Å²) in [6, 6.07) is 0. The van der Waals surface area contributed by atoms with Crippen LogP contribution in [0.2, 0.25) is 0 Å². The molecule has 0 aliphatic carbocycles. The number of hydrogen-bond donors (Lipinski definition) is 1. The number of halogens is 6. The van der Waals surface area contributed by atoms with Crippen molar-refractivity contribution >= 4 is 25.5 Å². The number of rotatable bonds is 0. The van der Waals surface area contributed by atoms with E-state index in [0.29, 0.717) is 0 Å². The van der Waals surface area contributed by atoms with Crippen LogP contribution >= 0.6 is 0 Å². The van der Waals surface area contributed by atoms with E-state index in [-0.39, 0.29) is 18.9 Å². The Hall–Kier alpha value is 0.177. The fraction of sp³-hybridized carbons (Fsp3) is 0. The van der Waals surface area contributed by atoms with Crippen molar-refractivity contribution in [2.24, 2.45) is 0 Å². The topological polar surface area (TPSA) is 77.4 Å². The van der Waals surface area contributed by atoms with E-state index < -0.39 is 25.5 Å². The first-order chi connectivity index (χ1) is 5.46. The fourth-order valence-electron chi connectivity index (χ4n) is 0. The molecule has 0 aromatic carbocycles. The summed E-state index contributed by atoms with van der Waals surface area (Å²) in [6.45, 7) is 0. The van der Waals surface area contributed by atoms with Crippen LogP contribution in [0.4, 0.5) is 25.9 Å².